The zero-order valence-electron chi connectivity index (χ0n) is 5.53. The Morgan fingerprint density at radius 2 is 1.60 bits per heavy atom. The molecule has 0 aromatic heterocycles. The van der Waals surface area contributed by atoms with Gasteiger partial charge in [0.25, 0.3) is 0 Å². The van der Waals surface area contributed by atoms with E-state index in [1.54, 1.807) is 13.8 Å². The third kappa shape index (κ3) is 7.22. The van der Waals surface area contributed by atoms with Crippen molar-refractivity contribution in [2.45, 2.75) is 13.8 Å². The van der Waals surface area contributed by atoms with E-state index in [-0.39, 0.29) is 42.8 Å². The Labute approximate surface area is 82.8 Å². The van der Waals surface area contributed by atoms with Crippen LogP contribution in [0.3, 0.4) is 0 Å². The molecule has 0 fully saturated rings. The first-order chi connectivity index (χ1) is 4.12. The average molecular weight is 178 g/mol. The van der Waals surface area contributed by atoms with E-state index in [1.807, 2.05) is 0 Å². The van der Waals surface area contributed by atoms with E-state index < -0.39 is 7.82 Å². The molecule has 0 aliphatic rings. The van der Waals surface area contributed by atoms with Crippen molar-refractivity contribution in [1.29, 1.82) is 0 Å². The van der Waals surface area contributed by atoms with Crippen LogP contribution >= 0.6 is 7.82 Å². The number of phosphoric ester groups is 1. The fraction of sp³-hybridized carbons (Fsp3) is 1.00. The van der Waals surface area contributed by atoms with E-state index in [9.17, 15) is 4.57 Å². The first kappa shape index (κ1) is 13.7. The third-order valence-corrected chi connectivity index (χ3v) is 1.75. The van der Waals surface area contributed by atoms with Gasteiger partial charge in [-0.25, -0.2) is 4.57 Å². The molecule has 6 heteroatoms. The van der Waals surface area contributed by atoms with Gasteiger partial charge in [0.2, 0.25) is 0 Å². The second kappa shape index (κ2) is 6.80. The van der Waals surface area contributed by atoms with Gasteiger partial charge < -0.3 is 4.89 Å². The molecule has 4 nitrogen and oxygen atoms in total. The quantitative estimate of drug-likeness (QED) is 0.503. The van der Waals surface area contributed by atoms with E-state index in [1.165, 1.54) is 0 Å². The second-order valence-corrected chi connectivity index (χ2v) is 2.76. The van der Waals surface area contributed by atoms with E-state index in [0.717, 1.165) is 0 Å². The summed E-state index contributed by atoms with van der Waals surface area (Å²) in [4.78, 5) is 8.63. The Bertz CT molecular complexity index is 108. The molecular formula is C4H12NaO4P. The van der Waals surface area contributed by atoms with Crippen molar-refractivity contribution in [3.8, 4) is 0 Å². The normalized spacial score (nSPS) is 10.7. The molecule has 0 atom stereocenters. The van der Waals surface area contributed by atoms with Crippen LogP contribution in [0.2, 0.25) is 0 Å². The Hall–Kier alpha value is 1.11. The standard InChI is InChI=1S/C4H11O4P.Na.H/c1-3-7-9(5,6)8-4-2;;/h3-4H2,1-2H3,(H,5,6);;. The van der Waals surface area contributed by atoms with Crippen molar-refractivity contribution in [3.63, 3.8) is 0 Å². The van der Waals surface area contributed by atoms with Crippen LogP contribution in [0.5, 0.6) is 0 Å². The van der Waals surface area contributed by atoms with Gasteiger partial charge in [-0.3, -0.25) is 9.05 Å². The monoisotopic (exact) mass is 178 g/mol. The minimum absolute atomic E-state index is 0. The molecule has 0 aromatic rings. The maximum atomic E-state index is 10.5. The average Bonchev–Trinajstić information content (AvgIpc) is 1.64. The molecule has 1 N–H and O–H groups in total. The van der Waals surface area contributed by atoms with Crippen LogP contribution in [0, 0.1) is 0 Å². The maximum absolute atomic E-state index is 10.5. The molecule has 0 bridgehead atoms. The zero-order valence-corrected chi connectivity index (χ0v) is 6.43. The van der Waals surface area contributed by atoms with E-state index in [2.05, 4.69) is 9.05 Å². The molecule has 0 aromatic carbocycles. The van der Waals surface area contributed by atoms with Crippen LogP contribution in [0.15, 0.2) is 0 Å². The summed E-state index contributed by atoms with van der Waals surface area (Å²) < 4.78 is 19.2. The summed E-state index contributed by atoms with van der Waals surface area (Å²) in [7, 11) is -3.69. The number of hydrogen-bond acceptors (Lipinski definition) is 3. The molecule has 0 aliphatic heterocycles. The van der Waals surface area contributed by atoms with Crippen LogP contribution in [0.25, 0.3) is 0 Å². The molecule has 0 rings (SSSR count). The summed E-state index contributed by atoms with van der Waals surface area (Å²) in [6, 6.07) is 0. The van der Waals surface area contributed by atoms with Gasteiger partial charge in [0.1, 0.15) is 0 Å². The Morgan fingerprint density at radius 3 is 1.80 bits per heavy atom. The molecule has 10 heavy (non-hydrogen) atoms. The van der Waals surface area contributed by atoms with Crippen molar-refractivity contribution in [3.05, 3.63) is 0 Å². The van der Waals surface area contributed by atoms with Gasteiger partial charge in [-0.1, -0.05) is 0 Å². The van der Waals surface area contributed by atoms with Gasteiger partial charge in [0, 0.05) is 0 Å². The van der Waals surface area contributed by atoms with Gasteiger partial charge in [0.15, 0.2) is 0 Å². The van der Waals surface area contributed by atoms with Crippen LogP contribution in [-0.4, -0.2) is 47.7 Å². The fourth-order valence-corrected chi connectivity index (χ4v) is 1.09. The van der Waals surface area contributed by atoms with Gasteiger partial charge in [-0.05, 0) is 13.8 Å². The molecule has 0 saturated heterocycles. The predicted molar refractivity (Wildman–Crippen MR) is 40.2 cm³/mol. The topological polar surface area (TPSA) is 55.8 Å². The molecule has 0 aliphatic carbocycles. The van der Waals surface area contributed by atoms with Crippen LogP contribution in [0.1, 0.15) is 13.8 Å². The minimum atomic E-state index is -3.69. The number of rotatable bonds is 4. The van der Waals surface area contributed by atoms with Crippen molar-refractivity contribution in [1.82, 2.24) is 0 Å². The third-order valence-electron chi connectivity index (χ3n) is 0.584. The van der Waals surface area contributed by atoms with Crippen molar-refractivity contribution in [2.75, 3.05) is 13.2 Å². The summed E-state index contributed by atoms with van der Waals surface area (Å²) in [5, 5.41) is 0. The first-order valence-corrected chi connectivity index (χ1v) is 4.23. The van der Waals surface area contributed by atoms with Crippen LogP contribution in [-0.2, 0) is 13.6 Å². The summed E-state index contributed by atoms with van der Waals surface area (Å²) >= 11 is 0. The summed E-state index contributed by atoms with van der Waals surface area (Å²) in [5.74, 6) is 0. The van der Waals surface area contributed by atoms with Crippen molar-refractivity contribution in [2.24, 2.45) is 0 Å². The Balaban J connectivity index is 0. The zero-order chi connectivity index (χ0) is 7.33. The van der Waals surface area contributed by atoms with Gasteiger partial charge in [-0.2, -0.15) is 0 Å². The van der Waals surface area contributed by atoms with Gasteiger partial charge >= 0.3 is 37.4 Å². The molecule has 0 radical (unpaired) electrons. The molecule has 0 saturated carbocycles. The second-order valence-electron chi connectivity index (χ2n) is 1.30. The molecule has 0 unspecified atom stereocenters. The Morgan fingerprint density at radius 1 is 1.30 bits per heavy atom. The number of hydrogen-bond donors (Lipinski definition) is 1. The SMILES string of the molecule is CCOP(=O)(O)OCC.[NaH]. The molecule has 0 spiro atoms. The molecule has 0 heterocycles. The summed E-state index contributed by atoms with van der Waals surface area (Å²) in [6.45, 7) is 3.63. The fourth-order valence-electron chi connectivity index (χ4n) is 0.364. The molecular weight excluding hydrogens is 166 g/mol. The van der Waals surface area contributed by atoms with E-state index in [4.69, 9.17) is 4.89 Å². The first-order valence-electron chi connectivity index (χ1n) is 2.74. The molecule has 0 amide bonds. The summed E-state index contributed by atoms with van der Waals surface area (Å²) in [6.07, 6.45) is 0. The van der Waals surface area contributed by atoms with E-state index in [0.29, 0.717) is 0 Å². The summed E-state index contributed by atoms with van der Waals surface area (Å²) in [5.41, 5.74) is 0. The van der Waals surface area contributed by atoms with Gasteiger partial charge in [-0.15, -0.1) is 0 Å². The van der Waals surface area contributed by atoms with Crippen LogP contribution < -0.4 is 0 Å². The van der Waals surface area contributed by atoms with Crippen molar-refractivity contribution >= 4 is 37.4 Å². The van der Waals surface area contributed by atoms with Crippen molar-refractivity contribution < 1.29 is 18.5 Å². The predicted octanol–water partition coefficient (Wildman–Crippen LogP) is 0.511. The molecule has 58 valence electrons. The van der Waals surface area contributed by atoms with Crippen LogP contribution in [0.4, 0.5) is 0 Å². The van der Waals surface area contributed by atoms with E-state index >= 15 is 0 Å². The van der Waals surface area contributed by atoms with Gasteiger partial charge in [0.05, 0.1) is 13.2 Å². The Kier molecular flexibility index (Phi) is 9.30. The number of phosphoric acid groups is 1.